The van der Waals surface area contributed by atoms with Gasteiger partial charge in [-0.2, -0.15) is 0 Å². The van der Waals surface area contributed by atoms with Crippen LogP contribution in [0, 0.1) is 5.92 Å². The second kappa shape index (κ2) is 12.0. The van der Waals surface area contributed by atoms with Crippen LogP contribution in [0.25, 0.3) is 0 Å². The molecule has 1 aliphatic heterocycles. The number of hydrogen-bond acceptors (Lipinski definition) is 5. The third kappa shape index (κ3) is 6.75. The maximum absolute atomic E-state index is 13.0. The van der Waals surface area contributed by atoms with Gasteiger partial charge in [0, 0.05) is 40.7 Å². The van der Waals surface area contributed by atoms with Gasteiger partial charge in [0.15, 0.2) is 5.96 Å². The summed E-state index contributed by atoms with van der Waals surface area (Å²) in [4.78, 5) is 18.0. The quantitative estimate of drug-likeness (QED) is 0.398. The van der Waals surface area contributed by atoms with Crippen LogP contribution in [0.4, 0.5) is 11.4 Å². The summed E-state index contributed by atoms with van der Waals surface area (Å²) in [5.41, 5.74) is 3.76. The normalized spacial score (nSPS) is 19.2. The van der Waals surface area contributed by atoms with E-state index in [2.05, 4.69) is 20.9 Å². The van der Waals surface area contributed by atoms with Crippen molar-refractivity contribution in [1.29, 1.82) is 0 Å². The van der Waals surface area contributed by atoms with Crippen molar-refractivity contribution in [3.63, 3.8) is 0 Å². The van der Waals surface area contributed by atoms with E-state index in [1.54, 1.807) is 0 Å². The Balaban J connectivity index is 1.22. The van der Waals surface area contributed by atoms with Crippen molar-refractivity contribution in [3.05, 3.63) is 53.6 Å². The molecule has 0 bridgehead atoms. The number of guanidine groups is 1. The largest absolute Gasteiger partial charge is 0.356 e. The number of nitrogens with one attached hydrogen (secondary N) is 3. The molecule has 6 nitrogen and oxygen atoms in total. The molecule has 1 heterocycles. The van der Waals surface area contributed by atoms with Crippen LogP contribution in [0.5, 0.6) is 0 Å². The van der Waals surface area contributed by atoms with E-state index in [-0.39, 0.29) is 5.91 Å². The molecule has 0 spiro atoms. The van der Waals surface area contributed by atoms with Gasteiger partial charge in [0.1, 0.15) is 0 Å². The van der Waals surface area contributed by atoms with Gasteiger partial charge in [-0.15, -0.1) is 0 Å². The summed E-state index contributed by atoms with van der Waals surface area (Å²) in [6, 6.07) is 13.8. The average Bonchev–Trinajstić information content (AvgIpc) is 3.76. The molecule has 2 saturated carbocycles. The molecule has 192 valence electrons. The fourth-order valence-corrected chi connectivity index (χ4v) is 6.47. The molecule has 3 aliphatic rings. The Labute approximate surface area is 217 Å². The van der Waals surface area contributed by atoms with Gasteiger partial charge < -0.3 is 10.6 Å². The fraction of sp³-hybridized carbons (Fsp3) is 0.517. The molecule has 7 heteroatoms. The number of hydrogen-bond donors (Lipinski definition) is 3. The highest BCUT2D eigenvalue weighted by molar-refractivity contribution is 7.85. The van der Waals surface area contributed by atoms with Gasteiger partial charge in [-0.25, -0.2) is 0 Å². The number of carbonyl (C=O) groups excluding carboxylic acids is 1. The van der Waals surface area contributed by atoms with Crippen LogP contribution in [0.2, 0.25) is 0 Å². The van der Waals surface area contributed by atoms with Crippen LogP contribution >= 0.6 is 0 Å². The summed E-state index contributed by atoms with van der Waals surface area (Å²) in [7, 11) is -0.982. The highest BCUT2D eigenvalue weighted by atomic mass is 32.2. The van der Waals surface area contributed by atoms with E-state index in [0.717, 1.165) is 66.7 Å². The molecule has 0 radical (unpaired) electrons. The highest BCUT2D eigenvalue weighted by Crippen LogP contribution is 2.44. The van der Waals surface area contributed by atoms with E-state index in [0.29, 0.717) is 17.4 Å². The van der Waals surface area contributed by atoms with Crippen molar-refractivity contribution in [2.24, 2.45) is 10.9 Å². The van der Waals surface area contributed by atoms with Crippen LogP contribution in [-0.2, 0) is 10.8 Å². The highest BCUT2D eigenvalue weighted by Gasteiger charge is 2.27. The summed E-state index contributed by atoms with van der Waals surface area (Å²) >= 11 is 0. The summed E-state index contributed by atoms with van der Waals surface area (Å²) in [6.45, 7) is 1.57. The molecular formula is C29H38N4O2S. The van der Waals surface area contributed by atoms with Crippen LogP contribution in [-0.4, -0.2) is 34.9 Å². The molecule has 0 aromatic heterocycles. The van der Waals surface area contributed by atoms with Gasteiger partial charge in [0.25, 0.3) is 5.91 Å². The van der Waals surface area contributed by atoms with Crippen LogP contribution in [0.15, 0.2) is 52.4 Å². The first-order valence-corrected chi connectivity index (χ1v) is 15.0. The van der Waals surface area contributed by atoms with Crippen molar-refractivity contribution in [1.82, 2.24) is 10.6 Å². The Hall–Kier alpha value is -2.67. The first-order chi connectivity index (χ1) is 17.7. The first kappa shape index (κ1) is 25.0. The second-order valence-electron chi connectivity index (χ2n) is 10.4. The molecule has 0 saturated heterocycles. The predicted molar refractivity (Wildman–Crippen MR) is 148 cm³/mol. The third-order valence-corrected chi connectivity index (χ3v) is 8.94. The maximum atomic E-state index is 13.0. The van der Waals surface area contributed by atoms with Crippen LogP contribution in [0.1, 0.15) is 86.0 Å². The minimum atomic E-state index is -0.982. The standard InChI is InChI=1S/C29H38N4O2S/c34-28(33-29-30-16-6-17-31-29)23-14-15-27(26(19-23)22-12-13-22)32-24-10-4-11-25(20-24)36(35)18-5-9-21-7-2-1-3-8-21/h4,10-11,14-15,19-22,32H,1-3,5-9,12-13,16-18H2,(H2,30,31,33,34). The molecule has 5 rings (SSSR count). The van der Waals surface area contributed by atoms with Gasteiger partial charge in [-0.05, 0) is 85.9 Å². The summed E-state index contributed by atoms with van der Waals surface area (Å²) in [5.74, 6) is 2.47. The van der Waals surface area contributed by atoms with Crippen LogP contribution < -0.4 is 16.0 Å². The Morgan fingerprint density at radius 3 is 2.67 bits per heavy atom. The average molecular weight is 507 g/mol. The monoisotopic (exact) mass is 506 g/mol. The molecule has 2 aromatic carbocycles. The summed E-state index contributed by atoms with van der Waals surface area (Å²) in [6.07, 6.45) is 12.3. The van der Waals surface area contributed by atoms with Crippen molar-refractivity contribution in [2.75, 3.05) is 24.2 Å². The number of carbonyl (C=O) groups is 1. The lowest BCUT2D eigenvalue weighted by Gasteiger charge is -2.21. The lowest BCUT2D eigenvalue weighted by molar-refractivity contribution is 0.0975. The smallest absolute Gasteiger partial charge is 0.257 e. The van der Waals surface area contributed by atoms with Crippen molar-refractivity contribution in [3.8, 4) is 0 Å². The Bertz CT molecular complexity index is 1120. The van der Waals surface area contributed by atoms with E-state index in [9.17, 15) is 9.00 Å². The molecule has 1 unspecified atom stereocenters. The molecule has 2 aliphatic carbocycles. The van der Waals surface area contributed by atoms with Gasteiger partial charge in [-0.1, -0.05) is 38.2 Å². The minimum absolute atomic E-state index is 0.137. The first-order valence-electron chi connectivity index (χ1n) is 13.6. The van der Waals surface area contributed by atoms with E-state index >= 15 is 0 Å². The predicted octanol–water partition coefficient (Wildman–Crippen LogP) is 5.85. The SMILES string of the molecule is O=C(NC1=NCCCN1)c1ccc(Nc2cccc(S(=O)CCCC3CCCCC3)c2)c(C2CC2)c1. The minimum Gasteiger partial charge on any atom is -0.356 e. The third-order valence-electron chi connectivity index (χ3n) is 7.50. The number of amides is 1. The lowest BCUT2D eigenvalue weighted by Crippen LogP contribution is -2.43. The zero-order chi connectivity index (χ0) is 24.7. The fourth-order valence-electron chi connectivity index (χ4n) is 5.31. The van der Waals surface area contributed by atoms with Gasteiger partial charge in [-0.3, -0.25) is 19.3 Å². The summed E-state index contributed by atoms with van der Waals surface area (Å²) < 4.78 is 13.0. The number of anilines is 2. The van der Waals surface area contributed by atoms with Gasteiger partial charge >= 0.3 is 0 Å². The van der Waals surface area contributed by atoms with Gasteiger partial charge in [0.05, 0.1) is 10.8 Å². The Kier molecular flexibility index (Phi) is 8.36. The van der Waals surface area contributed by atoms with Crippen LogP contribution in [0.3, 0.4) is 0 Å². The molecule has 3 N–H and O–H groups in total. The number of aliphatic imine (C=N–C) groups is 1. The molecule has 1 atom stereocenters. The molecule has 2 aromatic rings. The Morgan fingerprint density at radius 1 is 1.03 bits per heavy atom. The van der Waals surface area contributed by atoms with E-state index < -0.39 is 10.8 Å². The van der Waals surface area contributed by atoms with E-state index in [4.69, 9.17) is 0 Å². The van der Waals surface area contributed by atoms with Gasteiger partial charge in [0.2, 0.25) is 0 Å². The lowest BCUT2D eigenvalue weighted by atomic mass is 9.86. The number of nitrogens with zero attached hydrogens (tertiary/aromatic N) is 1. The Morgan fingerprint density at radius 2 is 1.89 bits per heavy atom. The second-order valence-corrected chi connectivity index (χ2v) is 12.0. The zero-order valence-electron chi connectivity index (χ0n) is 21.1. The van der Waals surface area contributed by atoms with Crippen molar-refractivity contribution >= 4 is 34.0 Å². The summed E-state index contributed by atoms with van der Waals surface area (Å²) in [5, 5.41) is 9.57. The maximum Gasteiger partial charge on any atom is 0.257 e. The van der Waals surface area contributed by atoms with Crippen molar-refractivity contribution in [2.45, 2.75) is 75.0 Å². The topological polar surface area (TPSA) is 82.6 Å². The van der Waals surface area contributed by atoms with E-state index in [1.165, 1.54) is 44.1 Å². The molecule has 36 heavy (non-hydrogen) atoms. The number of rotatable bonds is 9. The van der Waals surface area contributed by atoms with Crippen molar-refractivity contribution < 1.29 is 9.00 Å². The van der Waals surface area contributed by atoms with E-state index in [1.807, 2.05) is 42.5 Å². The zero-order valence-corrected chi connectivity index (χ0v) is 21.9. The molecular weight excluding hydrogens is 468 g/mol. The molecule has 1 amide bonds. The number of benzene rings is 2. The molecule has 2 fully saturated rings.